The van der Waals surface area contributed by atoms with Crippen molar-refractivity contribution in [3.63, 3.8) is 0 Å². The first-order valence-corrected chi connectivity index (χ1v) is 4.74. The summed E-state index contributed by atoms with van der Waals surface area (Å²) in [6.07, 6.45) is 0. The van der Waals surface area contributed by atoms with Gasteiger partial charge in [-0.3, -0.25) is 5.43 Å². The molecule has 0 radical (unpaired) electrons. The van der Waals surface area contributed by atoms with E-state index in [1.807, 2.05) is 19.1 Å². The molecule has 1 aromatic rings. The van der Waals surface area contributed by atoms with Crippen molar-refractivity contribution in [3.05, 3.63) is 34.9 Å². The highest BCUT2D eigenvalue weighted by molar-refractivity contribution is 7.80. The van der Waals surface area contributed by atoms with Gasteiger partial charge < -0.3 is 5.73 Å². The summed E-state index contributed by atoms with van der Waals surface area (Å²) < 4.78 is 0. The number of benzene rings is 1. The van der Waals surface area contributed by atoms with Crippen molar-refractivity contribution >= 4 is 34.6 Å². The molecule has 5 heteroatoms. The number of nitrogens with zero attached hydrogens (tertiary/aromatic N) is 1. The predicted octanol–water partition coefficient (Wildman–Crippen LogP) is 1.90. The molecule has 0 aliphatic carbocycles. The molecule has 0 amide bonds. The van der Waals surface area contributed by atoms with Crippen LogP contribution < -0.4 is 11.2 Å². The minimum atomic E-state index is 0.151. The van der Waals surface area contributed by atoms with E-state index in [1.54, 1.807) is 12.1 Å². The lowest BCUT2D eigenvalue weighted by Gasteiger charge is -2.01. The number of nitrogens with one attached hydrogen (secondary N) is 1. The molecule has 0 aromatic heterocycles. The highest BCUT2D eigenvalue weighted by atomic mass is 35.5. The molecule has 0 aliphatic rings. The van der Waals surface area contributed by atoms with Crippen molar-refractivity contribution in [3.8, 4) is 0 Å². The summed E-state index contributed by atoms with van der Waals surface area (Å²) in [7, 11) is 0. The van der Waals surface area contributed by atoms with E-state index in [0.717, 1.165) is 11.3 Å². The normalized spacial score (nSPS) is 11.1. The zero-order valence-electron chi connectivity index (χ0n) is 7.62. The Morgan fingerprint density at radius 2 is 2.00 bits per heavy atom. The number of halogens is 1. The maximum atomic E-state index is 5.75. The van der Waals surface area contributed by atoms with Crippen molar-refractivity contribution in [2.24, 2.45) is 10.8 Å². The third kappa shape index (κ3) is 3.32. The Balaban J connectivity index is 2.78. The van der Waals surface area contributed by atoms with Crippen molar-refractivity contribution in [1.82, 2.24) is 5.43 Å². The fourth-order valence-electron chi connectivity index (χ4n) is 0.895. The standard InChI is InChI=1S/C9H10ClN3S/c1-6(12-13-9(11)14)7-2-4-8(10)5-3-7/h2-5H,1H3,(H3,11,13,14)/b12-6-. The minimum Gasteiger partial charge on any atom is -0.375 e. The molecule has 1 rings (SSSR count). The number of nitrogens with two attached hydrogens (primary N) is 1. The zero-order valence-corrected chi connectivity index (χ0v) is 9.19. The number of thiocarbonyl (C=S) groups is 1. The second-order valence-corrected chi connectivity index (χ2v) is 3.56. The molecule has 0 saturated carbocycles. The van der Waals surface area contributed by atoms with Gasteiger partial charge in [0.2, 0.25) is 0 Å². The topological polar surface area (TPSA) is 50.4 Å². The van der Waals surface area contributed by atoms with Crippen LogP contribution in [-0.4, -0.2) is 10.8 Å². The summed E-state index contributed by atoms with van der Waals surface area (Å²) >= 11 is 10.4. The fraction of sp³-hybridized carbons (Fsp3) is 0.111. The molecule has 0 aliphatic heterocycles. The van der Waals surface area contributed by atoms with Gasteiger partial charge in [-0.2, -0.15) is 5.10 Å². The highest BCUT2D eigenvalue weighted by Gasteiger charge is 1.96. The largest absolute Gasteiger partial charge is 0.375 e. The molecular formula is C9H10ClN3S. The van der Waals surface area contributed by atoms with Crippen LogP contribution in [0.3, 0.4) is 0 Å². The van der Waals surface area contributed by atoms with Crippen LogP contribution in [0.15, 0.2) is 29.4 Å². The van der Waals surface area contributed by atoms with Crippen molar-refractivity contribution in [2.75, 3.05) is 0 Å². The number of rotatable bonds is 2. The first-order valence-electron chi connectivity index (χ1n) is 3.95. The van der Waals surface area contributed by atoms with Gasteiger partial charge >= 0.3 is 0 Å². The Bertz CT molecular complexity index is 359. The van der Waals surface area contributed by atoms with Crippen molar-refractivity contribution in [2.45, 2.75) is 6.92 Å². The van der Waals surface area contributed by atoms with E-state index in [1.165, 1.54) is 0 Å². The van der Waals surface area contributed by atoms with Gasteiger partial charge in [-0.1, -0.05) is 23.7 Å². The minimum absolute atomic E-state index is 0.151. The van der Waals surface area contributed by atoms with Crippen LogP contribution in [0.4, 0.5) is 0 Å². The van der Waals surface area contributed by atoms with E-state index in [9.17, 15) is 0 Å². The molecule has 0 fully saturated rings. The molecule has 0 saturated heterocycles. The highest BCUT2D eigenvalue weighted by Crippen LogP contribution is 2.09. The summed E-state index contributed by atoms with van der Waals surface area (Å²) in [4.78, 5) is 0. The molecule has 3 nitrogen and oxygen atoms in total. The predicted molar refractivity (Wildman–Crippen MR) is 63.6 cm³/mol. The average Bonchev–Trinajstić information content (AvgIpc) is 2.15. The van der Waals surface area contributed by atoms with Gasteiger partial charge in [-0.15, -0.1) is 0 Å². The quantitative estimate of drug-likeness (QED) is 0.461. The van der Waals surface area contributed by atoms with Gasteiger partial charge in [0.15, 0.2) is 5.11 Å². The Labute approximate surface area is 92.9 Å². The van der Waals surface area contributed by atoms with Crippen molar-refractivity contribution in [1.29, 1.82) is 0 Å². The second-order valence-electron chi connectivity index (χ2n) is 2.68. The monoisotopic (exact) mass is 227 g/mol. The molecule has 0 spiro atoms. The smallest absolute Gasteiger partial charge is 0.184 e. The van der Waals surface area contributed by atoms with Crippen LogP contribution in [0.5, 0.6) is 0 Å². The number of hydrogen-bond donors (Lipinski definition) is 2. The van der Waals surface area contributed by atoms with Gasteiger partial charge in [-0.05, 0) is 36.8 Å². The third-order valence-corrected chi connectivity index (χ3v) is 1.94. The van der Waals surface area contributed by atoms with Crippen LogP contribution in [0, 0.1) is 0 Å². The number of hydrogen-bond acceptors (Lipinski definition) is 2. The second kappa shape index (κ2) is 4.93. The molecular weight excluding hydrogens is 218 g/mol. The Kier molecular flexibility index (Phi) is 3.85. The van der Waals surface area contributed by atoms with Crippen LogP contribution in [0.25, 0.3) is 0 Å². The summed E-state index contributed by atoms with van der Waals surface area (Å²) in [5, 5.41) is 4.83. The number of hydrazone groups is 1. The lowest BCUT2D eigenvalue weighted by Crippen LogP contribution is -2.25. The SMILES string of the molecule is C/C(=N/NC(N)=S)c1ccc(Cl)cc1. The first kappa shape index (κ1) is 10.9. The van der Waals surface area contributed by atoms with Crippen LogP contribution >= 0.6 is 23.8 Å². The molecule has 0 heterocycles. The summed E-state index contributed by atoms with van der Waals surface area (Å²) in [5.41, 5.74) is 9.53. The van der Waals surface area contributed by atoms with Gasteiger partial charge in [0.05, 0.1) is 5.71 Å². The summed E-state index contributed by atoms with van der Waals surface area (Å²) in [6.45, 7) is 1.86. The van der Waals surface area contributed by atoms with E-state index in [4.69, 9.17) is 17.3 Å². The maximum absolute atomic E-state index is 5.75. The van der Waals surface area contributed by atoms with E-state index in [0.29, 0.717) is 5.02 Å². The van der Waals surface area contributed by atoms with Gasteiger partial charge in [0, 0.05) is 5.02 Å². The molecule has 14 heavy (non-hydrogen) atoms. The maximum Gasteiger partial charge on any atom is 0.184 e. The van der Waals surface area contributed by atoms with E-state index < -0.39 is 0 Å². The zero-order chi connectivity index (χ0) is 10.6. The molecule has 3 N–H and O–H groups in total. The third-order valence-electron chi connectivity index (χ3n) is 1.60. The van der Waals surface area contributed by atoms with Gasteiger partial charge in [0.1, 0.15) is 0 Å². The lowest BCUT2D eigenvalue weighted by atomic mass is 10.1. The van der Waals surface area contributed by atoms with Crippen LogP contribution in [0.1, 0.15) is 12.5 Å². The lowest BCUT2D eigenvalue weighted by molar-refractivity contribution is 1.03. The molecule has 74 valence electrons. The molecule has 0 atom stereocenters. The van der Waals surface area contributed by atoms with E-state index in [2.05, 4.69) is 22.7 Å². The van der Waals surface area contributed by atoms with Crippen molar-refractivity contribution < 1.29 is 0 Å². The fourth-order valence-corrected chi connectivity index (χ4v) is 1.07. The average molecular weight is 228 g/mol. The first-order chi connectivity index (χ1) is 6.59. The van der Waals surface area contributed by atoms with E-state index in [-0.39, 0.29) is 5.11 Å². The van der Waals surface area contributed by atoms with E-state index >= 15 is 0 Å². The molecule has 0 bridgehead atoms. The van der Waals surface area contributed by atoms with Crippen LogP contribution in [-0.2, 0) is 0 Å². The summed E-state index contributed by atoms with van der Waals surface area (Å²) in [5.74, 6) is 0. The molecule has 0 unspecified atom stereocenters. The Hall–Kier alpha value is -1.13. The summed E-state index contributed by atoms with van der Waals surface area (Å²) in [6, 6.07) is 7.36. The Morgan fingerprint density at radius 3 is 2.50 bits per heavy atom. The molecule has 1 aromatic carbocycles. The van der Waals surface area contributed by atoms with Crippen LogP contribution in [0.2, 0.25) is 5.02 Å². The van der Waals surface area contributed by atoms with Gasteiger partial charge in [-0.25, -0.2) is 0 Å². The Morgan fingerprint density at radius 1 is 1.43 bits per heavy atom. The van der Waals surface area contributed by atoms with Gasteiger partial charge in [0.25, 0.3) is 0 Å².